The van der Waals surface area contributed by atoms with Gasteiger partial charge in [0, 0.05) is 5.92 Å². The summed E-state index contributed by atoms with van der Waals surface area (Å²) in [5, 5.41) is 11.0. The molecule has 0 saturated heterocycles. The quantitative estimate of drug-likeness (QED) is 0.815. The fourth-order valence-corrected chi connectivity index (χ4v) is 1.29. The maximum Gasteiger partial charge on any atom is 0.325 e. The van der Waals surface area contributed by atoms with Gasteiger partial charge < -0.3 is 14.8 Å². The minimum Gasteiger partial charge on any atom is -0.480 e. The summed E-state index contributed by atoms with van der Waals surface area (Å²) < 4.78 is 5.18. The first-order valence-electron chi connectivity index (χ1n) is 5.04. The highest BCUT2D eigenvalue weighted by molar-refractivity contribution is 5.97. The van der Waals surface area contributed by atoms with E-state index in [4.69, 9.17) is 9.52 Å². The molecule has 0 radical (unpaired) electrons. The van der Waals surface area contributed by atoms with E-state index in [1.807, 2.05) is 13.8 Å². The van der Waals surface area contributed by atoms with Gasteiger partial charge in [-0.15, -0.1) is 0 Å². The van der Waals surface area contributed by atoms with E-state index >= 15 is 0 Å². The van der Waals surface area contributed by atoms with Crippen LogP contribution in [-0.4, -0.2) is 23.0 Å². The van der Waals surface area contributed by atoms with Gasteiger partial charge in [0.1, 0.15) is 11.8 Å². The molecule has 1 atom stereocenters. The Bertz CT molecular complexity index is 394. The van der Waals surface area contributed by atoms with Crippen LogP contribution in [0.4, 0.5) is 0 Å². The standard InChI is InChI=1S/C11H15NO4/c1-6(2)9-8(4-5-16-9)10(13)12-7(3)11(14)15/h4-7H,1-3H3,(H,12,13)(H,14,15)/t7-/m0/s1. The van der Waals surface area contributed by atoms with E-state index in [1.165, 1.54) is 13.2 Å². The molecule has 0 unspecified atom stereocenters. The van der Waals surface area contributed by atoms with Crippen molar-refractivity contribution in [2.24, 2.45) is 0 Å². The van der Waals surface area contributed by atoms with Crippen molar-refractivity contribution in [1.82, 2.24) is 5.32 Å². The van der Waals surface area contributed by atoms with Gasteiger partial charge in [0.25, 0.3) is 5.91 Å². The topological polar surface area (TPSA) is 79.5 Å². The first-order valence-corrected chi connectivity index (χ1v) is 5.04. The van der Waals surface area contributed by atoms with E-state index in [1.54, 1.807) is 6.07 Å². The summed E-state index contributed by atoms with van der Waals surface area (Å²) >= 11 is 0. The van der Waals surface area contributed by atoms with E-state index in [9.17, 15) is 9.59 Å². The van der Waals surface area contributed by atoms with E-state index in [0.29, 0.717) is 11.3 Å². The molecule has 0 aliphatic heterocycles. The van der Waals surface area contributed by atoms with Crippen molar-refractivity contribution in [2.45, 2.75) is 32.7 Å². The van der Waals surface area contributed by atoms with E-state index in [0.717, 1.165) is 0 Å². The van der Waals surface area contributed by atoms with Crippen molar-refractivity contribution in [2.75, 3.05) is 0 Å². The van der Waals surface area contributed by atoms with Crippen LogP contribution in [-0.2, 0) is 4.79 Å². The van der Waals surface area contributed by atoms with Crippen molar-refractivity contribution in [3.63, 3.8) is 0 Å². The number of aliphatic carboxylic acids is 1. The number of carboxylic acid groups (broad SMARTS) is 1. The molecule has 0 saturated carbocycles. The molecule has 0 aliphatic rings. The Morgan fingerprint density at radius 2 is 2.00 bits per heavy atom. The number of hydrogen-bond acceptors (Lipinski definition) is 3. The fourth-order valence-electron chi connectivity index (χ4n) is 1.29. The van der Waals surface area contributed by atoms with Crippen LogP contribution in [0.1, 0.15) is 42.8 Å². The third-order valence-electron chi connectivity index (χ3n) is 2.18. The predicted octanol–water partition coefficient (Wildman–Crippen LogP) is 1.61. The summed E-state index contributed by atoms with van der Waals surface area (Å²) in [6.45, 7) is 5.21. The lowest BCUT2D eigenvalue weighted by Gasteiger charge is -2.10. The van der Waals surface area contributed by atoms with Crippen molar-refractivity contribution in [1.29, 1.82) is 0 Å². The Morgan fingerprint density at radius 3 is 2.50 bits per heavy atom. The lowest BCUT2D eigenvalue weighted by Crippen LogP contribution is -2.38. The summed E-state index contributed by atoms with van der Waals surface area (Å²) in [5.74, 6) is -0.846. The number of amides is 1. The van der Waals surface area contributed by atoms with E-state index in [-0.39, 0.29) is 5.92 Å². The average molecular weight is 225 g/mol. The molecule has 5 nitrogen and oxygen atoms in total. The Balaban J connectivity index is 2.81. The van der Waals surface area contributed by atoms with Crippen LogP contribution in [0.5, 0.6) is 0 Å². The van der Waals surface area contributed by atoms with Gasteiger partial charge >= 0.3 is 5.97 Å². The second-order valence-electron chi connectivity index (χ2n) is 3.89. The lowest BCUT2D eigenvalue weighted by molar-refractivity contribution is -0.138. The van der Waals surface area contributed by atoms with E-state index in [2.05, 4.69) is 5.32 Å². The van der Waals surface area contributed by atoms with Gasteiger partial charge in [-0.3, -0.25) is 9.59 Å². The van der Waals surface area contributed by atoms with Gasteiger partial charge in [0.2, 0.25) is 0 Å². The molecular weight excluding hydrogens is 210 g/mol. The highest BCUT2D eigenvalue weighted by Gasteiger charge is 2.20. The molecule has 0 spiro atoms. The van der Waals surface area contributed by atoms with Crippen molar-refractivity contribution in [3.05, 3.63) is 23.7 Å². The van der Waals surface area contributed by atoms with Crippen LogP contribution in [0.3, 0.4) is 0 Å². The fraction of sp³-hybridized carbons (Fsp3) is 0.455. The average Bonchev–Trinajstić information content (AvgIpc) is 2.65. The van der Waals surface area contributed by atoms with Crippen LogP contribution < -0.4 is 5.32 Å². The van der Waals surface area contributed by atoms with Crippen molar-refractivity contribution in [3.8, 4) is 0 Å². The zero-order chi connectivity index (χ0) is 12.3. The van der Waals surface area contributed by atoms with Gasteiger partial charge in [-0.25, -0.2) is 0 Å². The monoisotopic (exact) mass is 225 g/mol. The maximum absolute atomic E-state index is 11.7. The number of carbonyl (C=O) groups is 2. The largest absolute Gasteiger partial charge is 0.480 e. The first-order chi connectivity index (χ1) is 7.43. The third-order valence-corrected chi connectivity index (χ3v) is 2.18. The highest BCUT2D eigenvalue weighted by atomic mass is 16.4. The Hall–Kier alpha value is -1.78. The summed E-state index contributed by atoms with van der Waals surface area (Å²) in [5.41, 5.74) is 0.392. The van der Waals surface area contributed by atoms with Crippen LogP contribution >= 0.6 is 0 Å². The number of carboxylic acids is 1. The third kappa shape index (κ3) is 2.62. The molecule has 88 valence electrons. The van der Waals surface area contributed by atoms with Gasteiger partial charge in [-0.05, 0) is 13.0 Å². The van der Waals surface area contributed by atoms with E-state index < -0.39 is 17.9 Å². The lowest BCUT2D eigenvalue weighted by atomic mass is 10.1. The van der Waals surface area contributed by atoms with Crippen molar-refractivity contribution >= 4 is 11.9 Å². The minimum atomic E-state index is -1.07. The second kappa shape index (κ2) is 4.83. The second-order valence-corrected chi connectivity index (χ2v) is 3.89. The molecule has 2 N–H and O–H groups in total. The molecule has 0 fully saturated rings. The molecule has 16 heavy (non-hydrogen) atoms. The minimum absolute atomic E-state index is 0.0795. The SMILES string of the molecule is CC(C)c1occc1C(=O)N[C@@H](C)C(=O)O. The Morgan fingerprint density at radius 1 is 1.38 bits per heavy atom. The maximum atomic E-state index is 11.7. The summed E-state index contributed by atoms with van der Waals surface area (Å²) in [6, 6.07) is 0.626. The van der Waals surface area contributed by atoms with Crippen LogP contribution in [0.2, 0.25) is 0 Å². The smallest absolute Gasteiger partial charge is 0.325 e. The van der Waals surface area contributed by atoms with Gasteiger partial charge in [0.15, 0.2) is 0 Å². The van der Waals surface area contributed by atoms with Gasteiger partial charge in [0.05, 0.1) is 11.8 Å². The Labute approximate surface area is 93.4 Å². The number of furan rings is 1. The van der Waals surface area contributed by atoms with Gasteiger partial charge in [-0.1, -0.05) is 13.8 Å². The molecule has 0 aliphatic carbocycles. The number of hydrogen-bond donors (Lipinski definition) is 2. The van der Waals surface area contributed by atoms with Crippen molar-refractivity contribution < 1.29 is 19.1 Å². The van der Waals surface area contributed by atoms with Crippen LogP contribution in [0.15, 0.2) is 16.7 Å². The molecule has 1 aromatic heterocycles. The molecule has 0 aromatic carbocycles. The molecule has 0 bridgehead atoms. The normalized spacial score (nSPS) is 12.5. The van der Waals surface area contributed by atoms with Crippen LogP contribution in [0.25, 0.3) is 0 Å². The predicted molar refractivity (Wildman–Crippen MR) is 57.4 cm³/mol. The Kier molecular flexibility index (Phi) is 3.71. The molecule has 1 aromatic rings. The first kappa shape index (κ1) is 12.3. The molecular formula is C11H15NO4. The summed E-state index contributed by atoms with van der Waals surface area (Å²) in [4.78, 5) is 22.3. The molecule has 1 heterocycles. The zero-order valence-electron chi connectivity index (χ0n) is 9.48. The number of carbonyl (C=O) groups excluding carboxylic acids is 1. The number of rotatable bonds is 4. The van der Waals surface area contributed by atoms with Gasteiger partial charge in [-0.2, -0.15) is 0 Å². The molecule has 1 rings (SSSR count). The molecule has 1 amide bonds. The summed E-state index contributed by atoms with van der Waals surface area (Å²) in [7, 11) is 0. The summed E-state index contributed by atoms with van der Waals surface area (Å²) in [6.07, 6.45) is 1.43. The zero-order valence-corrected chi connectivity index (χ0v) is 9.48. The van der Waals surface area contributed by atoms with Crippen LogP contribution in [0, 0.1) is 0 Å². The highest BCUT2D eigenvalue weighted by Crippen LogP contribution is 2.20. The molecule has 5 heteroatoms. The number of nitrogens with one attached hydrogen (secondary N) is 1.